The molecule has 0 atom stereocenters. The molecule has 116 valence electrons. The van der Waals surface area contributed by atoms with Crippen molar-refractivity contribution < 1.29 is 18.8 Å². The van der Waals surface area contributed by atoms with Crippen LogP contribution < -0.4 is 0 Å². The van der Waals surface area contributed by atoms with Gasteiger partial charge in [0.1, 0.15) is 5.82 Å². The van der Waals surface area contributed by atoms with E-state index in [4.69, 9.17) is 11.6 Å². The summed E-state index contributed by atoms with van der Waals surface area (Å²) in [6.07, 6.45) is -0.130. The third-order valence-corrected chi connectivity index (χ3v) is 4.94. The van der Waals surface area contributed by atoms with Crippen LogP contribution in [0.5, 0.6) is 0 Å². The fourth-order valence-corrected chi connectivity index (χ4v) is 3.51. The molecule has 3 amide bonds. The van der Waals surface area contributed by atoms with Crippen molar-refractivity contribution in [3.63, 3.8) is 0 Å². The second-order valence-electron chi connectivity index (χ2n) is 5.15. The zero-order valence-electron chi connectivity index (χ0n) is 11.4. The average molecular weight is 343 g/mol. The van der Waals surface area contributed by atoms with Crippen LogP contribution in [0.1, 0.15) is 5.56 Å². The zero-order valence-corrected chi connectivity index (χ0v) is 13.0. The summed E-state index contributed by atoms with van der Waals surface area (Å²) in [6.45, 7) is 0.589. The van der Waals surface area contributed by atoms with Gasteiger partial charge in [0.05, 0.1) is 18.2 Å². The van der Waals surface area contributed by atoms with Crippen LogP contribution >= 0.6 is 23.4 Å². The smallest absolute Gasteiger partial charge is 0.289 e. The Bertz CT molecular complexity index is 627. The van der Waals surface area contributed by atoms with Gasteiger partial charge in [0.25, 0.3) is 5.24 Å². The van der Waals surface area contributed by atoms with Gasteiger partial charge >= 0.3 is 0 Å². The summed E-state index contributed by atoms with van der Waals surface area (Å²) in [5.41, 5.74) is 0.168. The van der Waals surface area contributed by atoms with E-state index in [2.05, 4.69) is 0 Å². The Morgan fingerprint density at radius 1 is 1.36 bits per heavy atom. The number of imide groups is 1. The van der Waals surface area contributed by atoms with Gasteiger partial charge in [-0.1, -0.05) is 29.4 Å². The SMILES string of the molecule is O=C(Cc1c(F)cccc1Cl)N1CC(N2C(=O)CSC2=O)C1. The van der Waals surface area contributed by atoms with Crippen molar-refractivity contribution in [1.29, 1.82) is 0 Å². The van der Waals surface area contributed by atoms with Crippen LogP contribution in [0.3, 0.4) is 0 Å². The molecule has 5 nitrogen and oxygen atoms in total. The molecule has 0 aliphatic carbocycles. The minimum absolute atomic E-state index is 0.130. The quantitative estimate of drug-likeness (QED) is 0.842. The number of rotatable bonds is 3. The molecular formula is C14H12ClFN2O3S. The zero-order chi connectivity index (χ0) is 15.9. The standard InChI is InChI=1S/C14H12ClFN2O3S/c15-10-2-1-3-11(16)9(10)4-12(19)17-5-8(6-17)18-13(20)7-22-14(18)21/h1-3,8H,4-7H2. The Morgan fingerprint density at radius 2 is 2.09 bits per heavy atom. The molecule has 1 aromatic rings. The van der Waals surface area contributed by atoms with Gasteiger partial charge in [-0.3, -0.25) is 19.3 Å². The molecule has 0 radical (unpaired) electrons. The lowest BCUT2D eigenvalue weighted by Crippen LogP contribution is -2.62. The fraction of sp³-hybridized carbons (Fsp3) is 0.357. The normalized spacial score (nSPS) is 18.8. The number of carbonyl (C=O) groups excluding carboxylic acids is 3. The van der Waals surface area contributed by atoms with Crippen molar-refractivity contribution in [2.75, 3.05) is 18.8 Å². The maximum absolute atomic E-state index is 13.7. The van der Waals surface area contributed by atoms with Crippen molar-refractivity contribution in [3.05, 3.63) is 34.6 Å². The summed E-state index contributed by atoms with van der Waals surface area (Å²) in [5, 5.41) is -0.0500. The summed E-state index contributed by atoms with van der Waals surface area (Å²) in [6, 6.07) is 4.00. The summed E-state index contributed by atoms with van der Waals surface area (Å²) in [5.74, 6) is -0.841. The lowest BCUT2D eigenvalue weighted by molar-refractivity contribution is -0.141. The second-order valence-corrected chi connectivity index (χ2v) is 6.48. The van der Waals surface area contributed by atoms with Crippen LogP contribution in [0.2, 0.25) is 5.02 Å². The van der Waals surface area contributed by atoms with Crippen LogP contribution in [0.4, 0.5) is 9.18 Å². The fourth-order valence-electron chi connectivity index (χ4n) is 2.50. The Kier molecular flexibility index (Phi) is 4.10. The molecule has 8 heteroatoms. The van der Waals surface area contributed by atoms with Crippen molar-refractivity contribution in [2.45, 2.75) is 12.5 Å². The maximum atomic E-state index is 13.7. The van der Waals surface area contributed by atoms with Crippen molar-refractivity contribution in [1.82, 2.24) is 9.80 Å². The predicted molar refractivity (Wildman–Crippen MR) is 80.2 cm³/mol. The lowest BCUT2D eigenvalue weighted by atomic mass is 10.0. The molecule has 2 aliphatic rings. The van der Waals surface area contributed by atoms with Crippen LogP contribution in [-0.4, -0.2) is 51.7 Å². The lowest BCUT2D eigenvalue weighted by Gasteiger charge is -2.42. The summed E-state index contributed by atoms with van der Waals surface area (Å²) in [4.78, 5) is 38.0. The molecule has 2 fully saturated rings. The number of carbonyl (C=O) groups is 3. The van der Waals surface area contributed by atoms with E-state index in [0.29, 0.717) is 13.1 Å². The molecule has 2 heterocycles. The third-order valence-electron chi connectivity index (χ3n) is 3.75. The van der Waals surface area contributed by atoms with Crippen LogP contribution in [0, 0.1) is 5.82 Å². The van der Waals surface area contributed by atoms with Gasteiger partial charge in [-0.2, -0.15) is 0 Å². The highest BCUT2D eigenvalue weighted by atomic mass is 35.5. The monoisotopic (exact) mass is 342 g/mol. The number of hydrogen-bond acceptors (Lipinski definition) is 4. The Morgan fingerprint density at radius 3 is 2.68 bits per heavy atom. The molecule has 22 heavy (non-hydrogen) atoms. The molecule has 1 aromatic carbocycles. The van der Waals surface area contributed by atoms with E-state index in [9.17, 15) is 18.8 Å². The highest BCUT2D eigenvalue weighted by Crippen LogP contribution is 2.27. The van der Waals surface area contributed by atoms with E-state index >= 15 is 0 Å². The Labute approximate surface area is 135 Å². The number of likely N-dealkylation sites (tertiary alicyclic amines) is 1. The van der Waals surface area contributed by atoms with E-state index in [0.717, 1.165) is 11.8 Å². The van der Waals surface area contributed by atoms with Gasteiger partial charge in [0.15, 0.2) is 0 Å². The second kappa shape index (κ2) is 5.89. The number of nitrogens with zero attached hydrogens (tertiary/aromatic N) is 2. The van der Waals surface area contributed by atoms with Gasteiger partial charge in [0, 0.05) is 23.7 Å². The topological polar surface area (TPSA) is 57.7 Å². The van der Waals surface area contributed by atoms with E-state index in [-0.39, 0.29) is 45.9 Å². The van der Waals surface area contributed by atoms with E-state index in [1.807, 2.05) is 0 Å². The minimum Gasteiger partial charge on any atom is -0.338 e. The Hall–Kier alpha value is -1.60. The van der Waals surface area contributed by atoms with E-state index in [1.165, 1.54) is 28.0 Å². The molecule has 2 aliphatic heterocycles. The predicted octanol–water partition coefficient (Wildman–Crippen LogP) is 1.93. The number of thioether (sulfide) groups is 1. The first-order valence-electron chi connectivity index (χ1n) is 6.67. The largest absolute Gasteiger partial charge is 0.338 e. The van der Waals surface area contributed by atoms with Gasteiger partial charge < -0.3 is 4.90 Å². The van der Waals surface area contributed by atoms with Crippen molar-refractivity contribution in [2.24, 2.45) is 0 Å². The minimum atomic E-state index is -0.515. The molecule has 0 saturated carbocycles. The van der Waals surface area contributed by atoms with E-state index < -0.39 is 5.82 Å². The maximum Gasteiger partial charge on any atom is 0.289 e. The van der Waals surface area contributed by atoms with Gasteiger partial charge in [-0.15, -0.1) is 0 Å². The molecule has 0 bridgehead atoms. The average Bonchev–Trinajstić information content (AvgIpc) is 2.73. The number of amides is 3. The van der Waals surface area contributed by atoms with Crippen LogP contribution in [-0.2, 0) is 16.0 Å². The Balaban J connectivity index is 1.60. The molecule has 2 saturated heterocycles. The van der Waals surface area contributed by atoms with Crippen molar-refractivity contribution >= 4 is 40.4 Å². The van der Waals surface area contributed by atoms with Crippen LogP contribution in [0.25, 0.3) is 0 Å². The number of benzene rings is 1. The van der Waals surface area contributed by atoms with Crippen molar-refractivity contribution in [3.8, 4) is 0 Å². The first kappa shape index (κ1) is 15.3. The molecular weight excluding hydrogens is 331 g/mol. The summed E-state index contributed by atoms with van der Waals surface area (Å²) in [7, 11) is 0. The number of halogens is 2. The molecule has 0 aromatic heterocycles. The highest BCUT2D eigenvalue weighted by Gasteiger charge is 2.43. The summed E-state index contributed by atoms with van der Waals surface area (Å²) < 4.78 is 13.7. The molecule has 0 unspecified atom stereocenters. The summed E-state index contributed by atoms with van der Waals surface area (Å²) >= 11 is 6.87. The third kappa shape index (κ3) is 2.70. The molecule has 3 rings (SSSR count). The van der Waals surface area contributed by atoms with E-state index in [1.54, 1.807) is 0 Å². The molecule has 0 N–H and O–H groups in total. The van der Waals surface area contributed by atoms with Gasteiger partial charge in [-0.05, 0) is 12.1 Å². The van der Waals surface area contributed by atoms with Gasteiger partial charge in [-0.25, -0.2) is 4.39 Å². The number of hydrogen-bond donors (Lipinski definition) is 0. The van der Waals surface area contributed by atoms with Gasteiger partial charge in [0.2, 0.25) is 11.8 Å². The first-order chi connectivity index (χ1) is 10.5. The first-order valence-corrected chi connectivity index (χ1v) is 8.03. The molecule has 0 spiro atoms. The highest BCUT2D eigenvalue weighted by molar-refractivity contribution is 8.14. The van der Waals surface area contributed by atoms with Crippen LogP contribution in [0.15, 0.2) is 18.2 Å².